The van der Waals surface area contributed by atoms with Crippen molar-refractivity contribution in [2.75, 3.05) is 13.2 Å². The van der Waals surface area contributed by atoms with Crippen molar-refractivity contribution in [3.63, 3.8) is 0 Å². The molecule has 24 heavy (non-hydrogen) atoms. The molecule has 0 aromatic heterocycles. The molecule has 2 aliphatic rings. The van der Waals surface area contributed by atoms with Crippen LogP contribution in [-0.4, -0.2) is 30.1 Å². The zero-order chi connectivity index (χ0) is 17.2. The molecule has 1 aromatic carbocycles. The number of rotatable bonds is 5. The minimum Gasteiger partial charge on any atom is -0.395 e. The summed E-state index contributed by atoms with van der Waals surface area (Å²) in [5.41, 5.74) is 7.35. The lowest BCUT2D eigenvalue weighted by Crippen LogP contribution is -2.49. The first kappa shape index (κ1) is 17.4. The number of hydrogen-bond acceptors (Lipinski definition) is 4. The smallest absolute Gasteiger partial charge is 0.129 e. The molecular weight excluding hydrogens is 300 g/mol. The highest BCUT2D eigenvalue weighted by molar-refractivity contribution is 5.62. The molecule has 2 saturated carbocycles. The molecule has 0 saturated heterocycles. The lowest BCUT2D eigenvalue weighted by Gasteiger charge is -2.48. The molecule has 0 unspecified atom stereocenters. The fourth-order valence-corrected chi connectivity index (χ4v) is 4.66. The quantitative estimate of drug-likeness (QED) is 0.494. The van der Waals surface area contributed by atoms with Gasteiger partial charge in [-0.15, -0.1) is 0 Å². The Bertz CT molecular complexity index is 586. The molecule has 1 aromatic rings. The molecule has 2 aliphatic carbocycles. The van der Waals surface area contributed by atoms with Crippen LogP contribution in [0.4, 0.5) is 0 Å². The van der Waals surface area contributed by atoms with Crippen molar-refractivity contribution in [2.24, 2.45) is 22.2 Å². The van der Waals surface area contributed by atoms with E-state index in [4.69, 9.17) is 10.6 Å². The molecule has 2 fully saturated rings. The van der Waals surface area contributed by atoms with E-state index in [2.05, 4.69) is 43.3 Å². The van der Waals surface area contributed by atoms with Crippen molar-refractivity contribution in [1.29, 1.82) is 0 Å². The Balaban J connectivity index is 1.72. The average Bonchev–Trinajstić information content (AvgIpc) is 2.83. The lowest BCUT2D eigenvalue weighted by atomic mass is 9.59. The Morgan fingerprint density at radius 1 is 1.29 bits per heavy atom. The van der Waals surface area contributed by atoms with Gasteiger partial charge in [-0.05, 0) is 50.5 Å². The van der Waals surface area contributed by atoms with Crippen LogP contribution in [-0.2, 0) is 4.84 Å². The van der Waals surface area contributed by atoms with Gasteiger partial charge in [-0.3, -0.25) is 0 Å². The van der Waals surface area contributed by atoms with Gasteiger partial charge < -0.3 is 15.7 Å². The van der Waals surface area contributed by atoms with Crippen molar-refractivity contribution in [3.8, 4) is 0 Å². The number of oxime groups is 1. The molecule has 0 heterocycles. The van der Waals surface area contributed by atoms with Gasteiger partial charge in [0.25, 0.3) is 0 Å². The van der Waals surface area contributed by atoms with Gasteiger partial charge in [-0.1, -0.05) is 41.9 Å². The third-order valence-corrected chi connectivity index (χ3v) is 6.42. The Morgan fingerprint density at radius 3 is 2.75 bits per heavy atom. The van der Waals surface area contributed by atoms with Gasteiger partial charge in [0, 0.05) is 24.1 Å². The lowest BCUT2D eigenvalue weighted by molar-refractivity contribution is -0.0959. The van der Waals surface area contributed by atoms with E-state index in [-0.39, 0.29) is 11.3 Å². The van der Waals surface area contributed by atoms with Crippen LogP contribution in [0, 0.1) is 18.3 Å². The molecule has 0 bridgehead atoms. The maximum atomic E-state index is 11.4. The summed E-state index contributed by atoms with van der Waals surface area (Å²) in [6, 6.07) is 8.79. The molecule has 4 nitrogen and oxygen atoms in total. The first-order valence-corrected chi connectivity index (χ1v) is 9.13. The molecule has 0 aliphatic heterocycles. The second-order valence-electron chi connectivity index (χ2n) is 7.82. The summed E-state index contributed by atoms with van der Waals surface area (Å²) in [4.78, 5) is 5.17. The standard InChI is InChI=1S/C20H30N2O2/c1-15-3-5-16(6-4-15)17-7-9-19(2)18(14-22-24-12-11-21)8-10-20(19,23)13-17/h3-6,14,17-18,23H,7-13,21H2,1-2H3/t17-,18+,19+,20-/m0/s1. The Hall–Kier alpha value is -1.39. The highest BCUT2D eigenvalue weighted by Gasteiger charge is 2.58. The van der Waals surface area contributed by atoms with E-state index in [1.54, 1.807) is 0 Å². The van der Waals surface area contributed by atoms with E-state index in [1.807, 2.05) is 6.21 Å². The van der Waals surface area contributed by atoms with Crippen molar-refractivity contribution >= 4 is 6.21 Å². The van der Waals surface area contributed by atoms with Crippen molar-refractivity contribution in [2.45, 2.75) is 57.5 Å². The first-order chi connectivity index (χ1) is 11.5. The Morgan fingerprint density at radius 2 is 2.04 bits per heavy atom. The van der Waals surface area contributed by atoms with Crippen LogP contribution >= 0.6 is 0 Å². The summed E-state index contributed by atoms with van der Waals surface area (Å²) in [5.74, 6) is 0.729. The summed E-state index contributed by atoms with van der Waals surface area (Å²) in [6.45, 7) is 5.26. The van der Waals surface area contributed by atoms with E-state index >= 15 is 0 Å². The number of nitrogens with zero attached hydrogens (tertiary/aromatic N) is 1. The second kappa shape index (κ2) is 6.85. The molecular formula is C20H30N2O2. The predicted molar refractivity (Wildman–Crippen MR) is 97.1 cm³/mol. The van der Waals surface area contributed by atoms with Crippen LogP contribution in [0.2, 0.25) is 0 Å². The summed E-state index contributed by atoms with van der Waals surface area (Å²) in [7, 11) is 0. The molecule has 0 amide bonds. The number of aliphatic hydroxyl groups is 1. The zero-order valence-electron chi connectivity index (χ0n) is 14.9. The van der Waals surface area contributed by atoms with E-state index in [0.29, 0.717) is 19.1 Å². The summed E-state index contributed by atoms with van der Waals surface area (Å²) in [5, 5.41) is 15.5. The molecule has 0 spiro atoms. The largest absolute Gasteiger partial charge is 0.395 e. The third-order valence-electron chi connectivity index (χ3n) is 6.42. The molecule has 4 atom stereocenters. The van der Waals surface area contributed by atoms with Gasteiger partial charge in [0.2, 0.25) is 0 Å². The molecule has 4 heteroatoms. The van der Waals surface area contributed by atoms with Gasteiger partial charge >= 0.3 is 0 Å². The molecule has 3 rings (SSSR count). The van der Waals surface area contributed by atoms with Crippen LogP contribution in [0.1, 0.15) is 56.1 Å². The average molecular weight is 330 g/mol. The number of benzene rings is 1. The number of aryl methyl sites for hydroxylation is 1. The maximum absolute atomic E-state index is 11.4. The SMILES string of the molecule is Cc1ccc([C@H]2CC[C@]3(C)[C@@H](C=NOCCN)CC[C@]3(O)C2)cc1. The normalized spacial score (nSPS) is 36.0. The van der Waals surface area contributed by atoms with Crippen LogP contribution in [0.25, 0.3) is 0 Å². The van der Waals surface area contributed by atoms with Crippen molar-refractivity contribution < 1.29 is 9.94 Å². The minimum absolute atomic E-state index is 0.107. The van der Waals surface area contributed by atoms with E-state index in [1.165, 1.54) is 11.1 Å². The van der Waals surface area contributed by atoms with Crippen molar-refractivity contribution in [3.05, 3.63) is 35.4 Å². The number of hydrogen-bond donors (Lipinski definition) is 2. The Kier molecular flexibility index (Phi) is 4.97. The highest BCUT2D eigenvalue weighted by atomic mass is 16.6. The fraction of sp³-hybridized carbons (Fsp3) is 0.650. The minimum atomic E-state index is -0.606. The number of nitrogens with two attached hydrogens (primary N) is 1. The van der Waals surface area contributed by atoms with Crippen LogP contribution in [0.5, 0.6) is 0 Å². The maximum Gasteiger partial charge on any atom is 0.129 e. The van der Waals surface area contributed by atoms with Gasteiger partial charge in [0.05, 0.1) is 5.60 Å². The predicted octanol–water partition coefficient (Wildman–Crippen LogP) is 3.37. The topological polar surface area (TPSA) is 67.8 Å². The summed E-state index contributed by atoms with van der Waals surface area (Å²) in [6.07, 6.45) is 6.72. The summed E-state index contributed by atoms with van der Waals surface area (Å²) >= 11 is 0. The molecule has 3 N–H and O–H groups in total. The first-order valence-electron chi connectivity index (χ1n) is 9.13. The number of fused-ring (bicyclic) bond motifs is 1. The third kappa shape index (κ3) is 3.09. The van der Waals surface area contributed by atoms with Crippen LogP contribution < -0.4 is 5.73 Å². The highest BCUT2D eigenvalue weighted by Crippen LogP contribution is 2.60. The van der Waals surface area contributed by atoms with E-state index in [9.17, 15) is 5.11 Å². The zero-order valence-corrected chi connectivity index (χ0v) is 14.9. The van der Waals surface area contributed by atoms with Gasteiger partial charge in [0.15, 0.2) is 0 Å². The molecule has 0 radical (unpaired) electrons. The molecule has 132 valence electrons. The monoisotopic (exact) mass is 330 g/mol. The fourth-order valence-electron chi connectivity index (χ4n) is 4.66. The van der Waals surface area contributed by atoms with E-state index < -0.39 is 5.60 Å². The van der Waals surface area contributed by atoms with Gasteiger partial charge in [-0.2, -0.15) is 0 Å². The van der Waals surface area contributed by atoms with Crippen LogP contribution in [0.15, 0.2) is 29.4 Å². The Labute approximate surface area is 145 Å². The van der Waals surface area contributed by atoms with Gasteiger partial charge in [0.1, 0.15) is 6.61 Å². The van der Waals surface area contributed by atoms with E-state index in [0.717, 1.165) is 32.1 Å². The van der Waals surface area contributed by atoms with Crippen LogP contribution in [0.3, 0.4) is 0 Å². The van der Waals surface area contributed by atoms with Gasteiger partial charge in [-0.25, -0.2) is 0 Å². The second-order valence-corrected chi connectivity index (χ2v) is 7.82. The summed E-state index contributed by atoms with van der Waals surface area (Å²) < 4.78 is 0. The van der Waals surface area contributed by atoms with Crippen molar-refractivity contribution in [1.82, 2.24) is 0 Å².